The maximum absolute atomic E-state index is 6.28. The number of rotatable bonds is 5. The molecule has 0 N–H and O–H groups in total. The third kappa shape index (κ3) is 4.14. The summed E-state index contributed by atoms with van der Waals surface area (Å²) >= 11 is 6.28. The minimum atomic E-state index is 0.685. The molecule has 0 unspecified atom stereocenters. The third-order valence-electron chi connectivity index (χ3n) is 4.10. The van der Waals surface area contributed by atoms with E-state index < -0.39 is 0 Å². The van der Waals surface area contributed by atoms with Gasteiger partial charge in [0.1, 0.15) is 17.3 Å². The second-order valence-electron chi connectivity index (χ2n) is 6.44. The third-order valence-corrected chi connectivity index (χ3v) is 4.34. The van der Waals surface area contributed by atoms with Gasteiger partial charge in [-0.2, -0.15) is 0 Å². The normalized spacial score (nSPS) is 12.8. The highest BCUT2D eigenvalue weighted by Gasteiger charge is 2.22. The van der Waals surface area contributed by atoms with Crippen LogP contribution in [0.2, 0.25) is 5.02 Å². The standard InChI is InChI=1S/C20H24ClN3O/c1-4-11-24(13-12-23(2)3)20-16-14-15(21)9-10-18(16)25-19-8-6-5-7-17(19)22-20/h5-10,14H,4,11-13H2,1-3H3. The number of hydrogen-bond acceptors (Lipinski definition) is 4. The summed E-state index contributed by atoms with van der Waals surface area (Å²) < 4.78 is 6.13. The van der Waals surface area contributed by atoms with Crippen LogP contribution < -0.4 is 4.74 Å². The van der Waals surface area contributed by atoms with Crippen molar-refractivity contribution in [2.75, 3.05) is 33.7 Å². The Balaban J connectivity index is 2.10. The molecule has 0 atom stereocenters. The summed E-state index contributed by atoms with van der Waals surface area (Å²) in [5.41, 5.74) is 1.78. The minimum absolute atomic E-state index is 0.685. The smallest absolute Gasteiger partial charge is 0.153 e. The van der Waals surface area contributed by atoms with Crippen LogP contribution in [0.15, 0.2) is 47.5 Å². The summed E-state index contributed by atoms with van der Waals surface area (Å²) in [6.07, 6.45) is 1.05. The molecule has 0 aromatic heterocycles. The van der Waals surface area contributed by atoms with Crippen molar-refractivity contribution >= 4 is 23.1 Å². The van der Waals surface area contributed by atoms with Gasteiger partial charge in [-0.05, 0) is 50.8 Å². The number of para-hydroxylation sites is 2. The number of fused-ring (bicyclic) bond motifs is 2. The highest BCUT2D eigenvalue weighted by Crippen LogP contribution is 2.38. The van der Waals surface area contributed by atoms with E-state index in [1.54, 1.807) is 0 Å². The highest BCUT2D eigenvalue weighted by molar-refractivity contribution is 6.31. The van der Waals surface area contributed by atoms with Crippen molar-refractivity contribution in [2.24, 2.45) is 4.99 Å². The molecule has 2 aromatic rings. The molecule has 1 heterocycles. The number of ether oxygens (including phenoxy) is 1. The molecule has 0 radical (unpaired) electrons. The zero-order chi connectivity index (χ0) is 17.8. The summed E-state index contributed by atoms with van der Waals surface area (Å²) in [7, 11) is 4.17. The number of hydrogen-bond donors (Lipinski definition) is 0. The molecule has 0 amide bonds. The van der Waals surface area contributed by atoms with Gasteiger partial charge in [0.05, 0.1) is 5.56 Å². The van der Waals surface area contributed by atoms with Crippen LogP contribution in [0.1, 0.15) is 18.9 Å². The monoisotopic (exact) mass is 357 g/mol. The lowest BCUT2D eigenvalue weighted by Gasteiger charge is -2.27. The molecule has 0 saturated carbocycles. The lowest BCUT2D eigenvalue weighted by atomic mass is 10.1. The van der Waals surface area contributed by atoms with E-state index in [1.807, 2.05) is 42.5 Å². The van der Waals surface area contributed by atoms with Crippen molar-refractivity contribution in [3.8, 4) is 11.5 Å². The maximum Gasteiger partial charge on any atom is 0.153 e. The first kappa shape index (κ1) is 17.8. The van der Waals surface area contributed by atoms with Gasteiger partial charge in [0, 0.05) is 24.7 Å². The van der Waals surface area contributed by atoms with Gasteiger partial charge in [0.2, 0.25) is 0 Å². The molecule has 0 aliphatic carbocycles. The Morgan fingerprint density at radius 2 is 1.80 bits per heavy atom. The first-order valence-corrected chi connectivity index (χ1v) is 9.01. The molecule has 25 heavy (non-hydrogen) atoms. The topological polar surface area (TPSA) is 28.1 Å². The van der Waals surface area contributed by atoms with Crippen molar-refractivity contribution in [3.63, 3.8) is 0 Å². The van der Waals surface area contributed by atoms with Crippen molar-refractivity contribution in [3.05, 3.63) is 53.1 Å². The Kier molecular flexibility index (Phi) is 5.61. The van der Waals surface area contributed by atoms with Gasteiger partial charge in [0.25, 0.3) is 0 Å². The molecular formula is C20H24ClN3O. The van der Waals surface area contributed by atoms with Crippen LogP contribution in [-0.2, 0) is 0 Å². The average Bonchev–Trinajstić information content (AvgIpc) is 2.75. The molecule has 132 valence electrons. The van der Waals surface area contributed by atoms with E-state index in [1.165, 1.54) is 0 Å². The Hall–Kier alpha value is -2.04. The number of aliphatic imine (C=N–C) groups is 1. The van der Waals surface area contributed by atoms with E-state index in [4.69, 9.17) is 21.3 Å². The fraction of sp³-hybridized carbons (Fsp3) is 0.350. The zero-order valence-corrected chi connectivity index (χ0v) is 15.8. The largest absolute Gasteiger partial charge is 0.454 e. The summed E-state index contributed by atoms with van der Waals surface area (Å²) in [4.78, 5) is 9.46. The Labute approximate surface area is 154 Å². The van der Waals surface area contributed by atoms with Crippen LogP contribution in [0.4, 0.5) is 5.69 Å². The first-order valence-electron chi connectivity index (χ1n) is 8.63. The van der Waals surface area contributed by atoms with Gasteiger partial charge in [-0.1, -0.05) is 30.7 Å². The molecule has 3 rings (SSSR count). The van der Waals surface area contributed by atoms with E-state index in [-0.39, 0.29) is 0 Å². The number of amidine groups is 1. The van der Waals surface area contributed by atoms with Gasteiger partial charge in [-0.3, -0.25) is 0 Å². The number of benzene rings is 2. The predicted molar refractivity (Wildman–Crippen MR) is 105 cm³/mol. The first-order chi connectivity index (χ1) is 12.1. The van der Waals surface area contributed by atoms with Gasteiger partial charge >= 0.3 is 0 Å². The molecular weight excluding hydrogens is 334 g/mol. The highest BCUT2D eigenvalue weighted by atomic mass is 35.5. The van der Waals surface area contributed by atoms with Crippen molar-refractivity contribution < 1.29 is 4.74 Å². The summed E-state index contributed by atoms with van der Waals surface area (Å²) in [6.45, 7) is 4.97. The van der Waals surface area contributed by atoms with Gasteiger partial charge in [-0.25, -0.2) is 4.99 Å². The van der Waals surface area contributed by atoms with E-state index in [0.29, 0.717) is 5.02 Å². The zero-order valence-electron chi connectivity index (χ0n) is 15.0. The number of nitrogens with zero attached hydrogens (tertiary/aromatic N) is 3. The predicted octanol–water partition coefficient (Wildman–Crippen LogP) is 4.80. The molecule has 0 bridgehead atoms. The second kappa shape index (κ2) is 7.89. The van der Waals surface area contributed by atoms with Crippen LogP contribution in [-0.4, -0.2) is 49.4 Å². The average molecular weight is 358 g/mol. The van der Waals surface area contributed by atoms with E-state index in [2.05, 4.69) is 30.8 Å². The molecule has 2 aromatic carbocycles. The SMILES string of the molecule is CCCN(CCN(C)C)C1=Nc2ccccc2Oc2ccc(Cl)cc21. The molecule has 1 aliphatic rings. The quantitative estimate of drug-likeness (QED) is 0.769. The van der Waals surface area contributed by atoms with Gasteiger partial charge in [-0.15, -0.1) is 0 Å². The fourth-order valence-electron chi connectivity index (χ4n) is 2.85. The Bertz CT molecular complexity index is 773. The van der Waals surface area contributed by atoms with E-state index in [9.17, 15) is 0 Å². The van der Waals surface area contributed by atoms with Crippen LogP contribution in [0.25, 0.3) is 0 Å². The maximum atomic E-state index is 6.28. The number of likely N-dealkylation sites (N-methyl/N-ethyl adjacent to an activating group) is 1. The van der Waals surface area contributed by atoms with Crippen LogP contribution in [0.3, 0.4) is 0 Å². The lowest BCUT2D eigenvalue weighted by molar-refractivity contribution is 0.329. The van der Waals surface area contributed by atoms with Crippen molar-refractivity contribution in [1.29, 1.82) is 0 Å². The van der Waals surface area contributed by atoms with Crippen LogP contribution in [0.5, 0.6) is 11.5 Å². The minimum Gasteiger partial charge on any atom is -0.454 e. The summed E-state index contributed by atoms with van der Waals surface area (Å²) in [6, 6.07) is 13.6. The number of halogens is 1. The molecule has 1 aliphatic heterocycles. The lowest BCUT2D eigenvalue weighted by Crippen LogP contribution is -2.37. The van der Waals surface area contributed by atoms with Gasteiger partial charge < -0.3 is 14.5 Å². The molecule has 0 saturated heterocycles. The summed E-state index contributed by atoms with van der Waals surface area (Å²) in [5.74, 6) is 2.48. The second-order valence-corrected chi connectivity index (χ2v) is 6.87. The van der Waals surface area contributed by atoms with Crippen molar-refractivity contribution in [1.82, 2.24) is 9.80 Å². The van der Waals surface area contributed by atoms with E-state index in [0.717, 1.165) is 54.6 Å². The molecule has 5 heteroatoms. The molecule has 4 nitrogen and oxygen atoms in total. The Morgan fingerprint density at radius 3 is 2.56 bits per heavy atom. The van der Waals surface area contributed by atoms with E-state index >= 15 is 0 Å². The van der Waals surface area contributed by atoms with Crippen molar-refractivity contribution in [2.45, 2.75) is 13.3 Å². The van der Waals surface area contributed by atoms with Gasteiger partial charge in [0.15, 0.2) is 5.75 Å². The Morgan fingerprint density at radius 1 is 1.00 bits per heavy atom. The fourth-order valence-corrected chi connectivity index (χ4v) is 3.02. The molecule has 0 spiro atoms. The summed E-state index contributed by atoms with van der Waals surface area (Å²) in [5, 5.41) is 0.685. The van der Waals surface area contributed by atoms with Crippen LogP contribution >= 0.6 is 11.6 Å². The van der Waals surface area contributed by atoms with Crippen LogP contribution in [0, 0.1) is 0 Å². The molecule has 0 fully saturated rings.